The Morgan fingerprint density at radius 3 is 2.00 bits per heavy atom. The molecule has 0 bridgehead atoms. The van der Waals surface area contributed by atoms with Crippen LogP contribution < -0.4 is 5.73 Å². The van der Waals surface area contributed by atoms with E-state index in [1.54, 1.807) is 0 Å². The highest BCUT2D eigenvalue weighted by Crippen LogP contribution is 2.28. The smallest absolute Gasteiger partial charge is 0.0253 e. The quantitative estimate of drug-likeness (QED) is 0.645. The van der Waals surface area contributed by atoms with Crippen molar-refractivity contribution in [2.24, 2.45) is 17.6 Å². The fourth-order valence-corrected chi connectivity index (χ4v) is 2.19. The van der Waals surface area contributed by atoms with Gasteiger partial charge in [0.25, 0.3) is 0 Å². The molecule has 0 heterocycles. The first-order chi connectivity index (χ1) is 6.62. The molecule has 14 heavy (non-hydrogen) atoms. The maximum atomic E-state index is 6.13. The molecule has 0 rings (SSSR count). The summed E-state index contributed by atoms with van der Waals surface area (Å²) in [7, 11) is 0. The molecule has 0 aromatic heterocycles. The second-order valence-electron chi connectivity index (χ2n) is 4.20. The first kappa shape index (κ1) is 13.7. The van der Waals surface area contributed by atoms with Gasteiger partial charge >= 0.3 is 0 Å². The van der Waals surface area contributed by atoms with Crippen LogP contribution in [0, 0.1) is 11.8 Å². The van der Waals surface area contributed by atoms with E-state index in [1.807, 2.05) is 0 Å². The molecule has 1 nitrogen and oxygen atoms in total. The number of nitrogens with two attached hydrogens (primary N) is 1. The highest BCUT2D eigenvalue weighted by Gasteiger charge is 2.21. The van der Waals surface area contributed by atoms with Crippen LogP contribution in [-0.2, 0) is 0 Å². The van der Waals surface area contributed by atoms with E-state index in [0.29, 0.717) is 5.92 Å². The van der Waals surface area contributed by atoms with Crippen molar-refractivity contribution in [3.63, 3.8) is 0 Å². The minimum absolute atomic E-state index is 0.263. The van der Waals surface area contributed by atoms with E-state index >= 15 is 0 Å². The van der Waals surface area contributed by atoms with Gasteiger partial charge in [-0.15, -0.1) is 0 Å². The number of rotatable bonds is 6. The number of hydrogen-bond donors (Lipinski definition) is 1. The Bertz CT molecular complexity index is 172. The standard InChI is InChI=1S/C13H27N/c1-6-10(5)11(7-2)12(8-3)13(14)9-4/h8,10-11,13H,6-7,9,14H2,1-5H3/b12-8+. The average Bonchev–Trinajstić information content (AvgIpc) is 2.23. The lowest BCUT2D eigenvalue weighted by Crippen LogP contribution is -2.28. The molecule has 0 aromatic carbocycles. The van der Waals surface area contributed by atoms with Gasteiger partial charge in [-0.05, 0) is 31.6 Å². The van der Waals surface area contributed by atoms with E-state index in [4.69, 9.17) is 5.73 Å². The van der Waals surface area contributed by atoms with Gasteiger partial charge in [-0.2, -0.15) is 0 Å². The van der Waals surface area contributed by atoms with Crippen molar-refractivity contribution in [2.75, 3.05) is 0 Å². The zero-order chi connectivity index (χ0) is 11.1. The molecule has 0 aliphatic heterocycles. The lowest BCUT2D eigenvalue weighted by molar-refractivity contribution is 0.368. The summed E-state index contributed by atoms with van der Waals surface area (Å²) in [6.07, 6.45) is 5.73. The summed E-state index contributed by atoms with van der Waals surface area (Å²) in [5.41, 5.74) is 7.59. The first-order valence-corrected chi connectivity index (χ1v) is 6.03. The van der Waals surface area contributed by atoms with Gasteiger partial charge < -0.3 is 5.73 Å². The fraction of sp³-hybridized carbons (Fsp3) is 0.846. The van der Waals surface area contributed by atoms with Gasteiger partial charge in [0.15, 0.2) is 0 Å². The lowest BCUT2D eigenvalue weighted by atomic mass is 9.80. The summed E-state index contributed by atoms with van der Waals surface area (Å²) in [4.78, 5) is 0. The summed E-state index contributed by atoms with van der Waals surface area (Å²) < 4.78 is 0. The molecule has 0 aliphatic rings. The number of allylic oxidation sites excluding steroid dienone is 1. The lowest BCUT2D eigenvalue weighted by Gasteiger charge is -2.28. The molecule has 0 aromatic rings. The van der Waals surface area contributed by atoms with Gasteiger partial charge in [0, 0.05) is 6.04 Å². The van der Waals surface area contributed by atoms with Gasteiger partial charge in [0.2, 0.25) is 0 Å². The molecular weight excluding hydrogens is 170 g/mol. The first-order valence-electron chi connectivity index (χ1n) is 6.03. The van der Waals surface area contributed by atoms with Crippen molar-refractivity contribution >= 4 is 0 Å². The van der Waals surface area contributed by atoms with Crippen LogP contribution in [0.3, 0.4) is 0 Å². The Labute approximate surface area is 89.8 Å². The summed E-state index contributed by atoms with van der Waals surface area (Å²) in [6, 6.07) is 0.263. The molecule has 84 valence electrons. The van der Waals surface area contributed by atoms with Crippen molar-refractivity contribution in [1.29, 1.82) is 0 Å². The van der Waals surface area contributed by atoms with Gasteiger partial charge in [-0.25, -0.2) is 0 Å². The average molecular weight is 197 g/mol. The Hall–Kier alpha value is -0.300. The Morgan fingerprint density at radius 1 is 1.14 bits per heavy atom. The zero-order valence-corrected chi connectivity index (χ0v) is 10.5. The Balaban J connectivity index is 4.62. The topological polar surface area (TPSA) is 26.0 Å². The van der Waals surface area contributed by atoms with Crippen LogP contribution in [0.2, 0.25) is 0 Å². The third-order valence-corrected chi connectivity index (χ3v) is 3.40. The second-order valence-corrected chi connectivity index (χ2v) is 4.20. The predicted octanol–water partition coefficient (Wildman–Crippen LogP) is 3.74. The van der Waals surface area contributed by atoms with Gasteiger partial charge in [0.05, 0.1) is 0 Å². The van der Waals surface area contributed by atoms with Crippen molar-refractivity contribution in [1.82, 2.24) is 0 Å². The molecule has 0 saturated carbocycles. The van der Waals surface area contributed by atoms with Crippen LogP contribution in [-0.4, -0.2) is 6.04 Å². The maximum absolute atomic E-state index is 6.13. The SMILES string of the molecule is C/C=C(/C(N)CC)C(CC)C(C)CC. The molecule has 0 amide bonds. The largest absolute Gasteiger partial charge is 0.324 e. The second kappa shape index (κ2) is 7.05. The molecule has 1 heteroatoms. The van der Waals surface area contributed by atoms with E-state index in [0.717, 1.165) is 12.3 Å². The minimum atomic E-state index is 0.263. The van der Waals surface area contributed by atoms with E-state index in [2.05, 4.69) is 40.7 Å². The molecule has 0 radical (unpaired) electrons. The summed E-state index contributed by atoms with van der Waals surface area (Å²) in [5.74, 6) is 1.43. The van der Waals surface area contributed by atoms with Crippen LogP contribution >= 0.6 is 0 Å². The third kappa shape index (κ3) is 3.45. The molecule has 3 atom stereocenters. The normalized spacial score (nSPS) is 19.1. The molecule has 0 aliphatic carbocycles. The van der Waals surface area contributed by atoms with Crippen LogP contribution in [0.4, 0.5) is 0 Å². The fourth-order valence-electron chi connectivity index (χ4n) is 2.19. The zero-order valence-electron chi connectivity index (χ0n) is 10.5. The molecule has 0 saturated heterocycles. The van der Waals surface area contributed by atoms with Crippen molar-refractivity contribution in [3.05, 3.63) is 11.6 Å². The highest BCUT2D eigenvalue weighted by molar-refractivity contribution is 5.13. The van der Waals surface area contributed by atoms with Crippen molar-refractivity contribution < 1.29 is 0 Å². The predicted molar refractivity (Wildman–Crippen MR) is 65.3 cm³/mol. The van der Waals surface area contributed by atoms with E-state index in [1.165, 1.54) is 18.4 Å². The molecule has 3 unspecified atom stereocenters. The molecule has 0 fully saturated rings. The van der Waals surface area contributed by atoms with Gasteiger partial charge in [0.1, 0.15) is 0 Å². The van der Waals surface area contributed by atoms with Crippen LogP contribution in [0.15, 0.2) is 11.6 Å². The van der Waals surface area contributed by atoms with Crippen LogP contribution in [0.1, 0.15) is 53.9 Å². The number of hydrogen-bond acceptors (Lipinski definition) is 1. The van der Waals surface area contributed by atoms with Crippen LogP contribution in [0.5, 0.6) is 0 Å². The van der Waals surface area contributed by atoms with E-state index in [9.17, 15) is 0 Å². The van der Waals surface area contributed by atoms with Gasteiger partial charge in [-0.1, -0.05) is 45.8 Å². The van der Waals surface area contributed by atoms with Crippen molar-refractivity contribution in [3.8, 4) is 0 Å². The summed E-state index contributed by atoms with van der Waals surface area (Å²) >= 11 is 0. The Kier molecular flexibility index (Phi) is 6.90. The summed E-state index contributed by atoms with van der Waals surface area (Å²) in [6.45, 7) is 11.1. The maximum Gasteiger partial charge on any atom is 0.0253 e. The third-order valence-electron chi connectivity index (χ3n) is 3.40. The molecule has 2 N–H and O–H groups in total. The van der Waals surface area contributed by atoms with Crippen LogP contribution in [0.25, 0.3) is 0 Å². The van der Waals surface area contributed by atoms with E-state index < -0.39 is 0 Å². The van der Waals surface area contributed by atoms with E-state index in [-0.39, 0.29) is 6.04 Å². The summed E-state index contributed by atoms with van der Waals surface area (Å²) in [5, 5.41) is 0. The monoisotopic (exact) mass is 197 g/mol. The minimum Gasteiger partial charge on any atom is -0.324 e. The highest BCUT2D eigenvalue weighted by atomic mass is 14.6. The molecular formula is C13H27N. The van der Waals surface area contributed by atoms with Crippen molar-refractivity contribution in [2.45, 2.75) is 59.9 Å². The molecule has 0 spiro atoms. The van der Waals surface area contributed by atoms with Gasteiger partial charge in [-0.3, -0.25) is 0 Å². The Morgan fingerprint density at radius 2 is 1.71 bits per heavy atom.